The molecule has 0 aliphatic carbocycles. The van der Waals surface area contributed by atoms with Crippen LogP contribution in [0.5, 0.6) is 0 Å². The van der Waals surface area contributed by atoms with Gasteiger partial charge in [0.1, 0.15) is 5.52 Å². The highest BCUT2D eigenvalue weighted by Crippen LogP contribution is 2.03. The van der Waals surface area contributed by atoms with Gasteiger partial charge < -0.3 is 4.74 Å². The van der Waals surface area contributed by atoms with Crippen LogP contribution in [0.25, 0.3) is 11.0 Å². The molecule has 0 spiro atoms. The Kier molecular flexibility index (Phi) is 3.68. The quantitative estimate of drug-likeness (QED) is 0.717. The summed E-state index contributed by atoms with van der Waals surface area (Å²) < 4.78 is 5.07. The first-order valence-electron chi connectivity index (χ1n) is 5.30. The second-order valence-electron chi connectivity index (χ2n) is 3.50. The highest BCUT2D eigenvalue weighted by molar-refractivity contribution is 5.72. The molecule has 0 bridgehead atoms. The lowest BCUT2D eigenvalue weighted by Gasteiger charge is -2.08. The van der Waals surface area contributed by atoms with E-state index in [-0.39, 0.29) is 0 Å². The molecule has 1 fully saturated rings. The zero-order chi connectivity index (χ0) is 10.3. The maximum absolute atomic E-state index is 5.07. The molecule has 1 saturated heterocycles. The summed E-state index contributed by atoms with van der Waals surface area (Å²) in [6.07, 6.45) is 3.93. The number of para-hydroxylation sites is 1. The lowest BCUT2D eigenvalue weighted by atomic mass is 10.2. The zero-order valence-electron chi connectivity index (χ0n) is 8.65. The van der Waals surface area contributed by atoms with E-state index in [0.717, 1.165) is 24.2 Å². The van der Waals surface area contributed by atoms with Crippen molar-refractivity contribution in [2.45, 2.75) is 19.3 Å². The minimum atomic E-state index is 0.914. The van der Waals surface area contributed by atoms with E-state index in [1.807, 2.05) is 24.3 Å². The largest absolute Gasteiger partial charge is 0.381 e. The van der Waals surface area contributed by atoms with Gasteiger partial charge in [-0.05, 0) is 31.4 Å². The first kappa shape index (κ1) is 10.1. The molecule has 0 atom stereocenters. The van der Waals surface area contributed by atoms with Crippen LogP contribution < -0.4 is 0 Å². The maximum Gasteiger partial charge on any atom is 0.112 e. The van der Waals surface area contributed by atoms with E-state index in [1.54, 1.807) is 0 Å². The third-order valence-corrected chi connectivity index (χ3v) is 2.31. The van der Waals surface area contributed by atoms with Crippen LogP contribution in [-0.4, -0.2) is 28.6 Å². The van der Waals surface area contributed by atoms with E-state index in [4.69, 9.17) is 4.74 Å². The Balaban J connectivity index is 0.000000124. The van der Waals surface area contributed by atoms with E-state index in [1.165, 1.54) is 19.3 Å². The molecule has 0 unspecified atom stereocenters. The number of benzene rings is 1. The summed E-state index contributed by atoms with van der Waals surface area (Å²) >= 11 is 0. The number of ether oxygens (including phenoxy) is 1. The molecule has 1 aliphatic rings. The van der Waals surface area contributed by atoms with E-state index in [0.29, 0.717) is 0 Å². The predicted molar refractivity (Wildman–Crippen MR) is 58.6 cm³/mol. The second kappa shape index (κ2) is 5.46. The number of nitrogens with zero attached hydrogens (tertiary/aromatic N) is 2. The van der Waals surface area contributed by atoms with Crippen LogP contribution in [0.2, 0.25) is 0 Å². The van der Waals surface area contributed by atoms with Crippen LogP contribution in [0.4, 0.5) is 0 Å². The van der Waals surface area contributed by atoms with Crippen molar-refractivity contribution in [2.24, 2.45) is 0 Å². The number of nitrogens with one attached hydrogen (secondary N) is 1. The molecule has 0 radical (unpaired) electrons. The van der Waals surface area contributed by atoms with Gasteiger partial charge in [0.25, 0.3) is 0 Å². The maximum atomic E-state index is 5.07. The molecular weight excluding hydrogens is 190 g/mol. The van der Waals surface area contributed by atoms with Crippen LogP contribution in [0.1, 0.15) is 19.3 Å². The minimum absolute atomic E-state index is 0.914. The van der Waals surface area contributed by atoms with Gasteiger partial charge in [0.05, 0.1) is 5.52 Å². The highest BCUT2D eigenvalue weighted by atomic mass is 16.5. The standard InChI is InChI=1S/C6H5N3.C5H10O/c1-2-4-6-5(3-1)7-9-8-6;1-2-4-6-5-3-1/h1-4H,(H,7,8,9);1-5H2. The van der Waals surface area contributed by atoms with Crippen molar-refractivity contribution in [1.82, 2.24) is 15.4 Å². The third-order valence-electron chi connectivity index (χ3n) is 2.31. The summed E-state index contributed by atoms with van der Waals surface area (Å²) in [6, 6.07) is 7.74. The summed E-state index contributed by atoms with van der Waals surface area (Å²) in [5.41, 5.74) is 1.90. The lowest BCUT2D eigenvalue weighted by Crippen LogP contribution is -2.03. The Morgan fingerprint density at radius 2 is 1.87 bits per heavy atom. The molecular formula is C11H15N3O. The van der Waals surface area contributed by atoms with Crippen molar-refractivity contribution in [3.05, 3.63) is 24.3 Å². The van der Waals surface area contributed by atoms with Crippen LogP contribution in [0.3, 0.4) is 0 Å². The van der Waals surface area contributed by atoms with Crippen LogP contribution in [0.15, 0.2) is 24.3 Å². The topological polar surface area (TPSA) is 50.8 Å². The normalized spacial score (nSPS) is 15.7. The molecule has 1 aliphatic heterocycles. The van der Waals surface area contributed by atoms with Gasteiger partial charge in [-0.2, -0.15) is 0 Å². The molecule has 15 heavy (non-hydrogen) atoms. The zero-order valence-corrected chi connectivity index (χ0v) is 8.65. The average molecular weight is 205 g/mol. The molecule has 1 aromatic heterocycles. The molecule has 1 aromatic carbocycles. The molecule has 80 valence electrons. The SMILES string of the molecule is C1CCOCC1.c1ccc2[nH]nnc2c1. The van der Waals surface area contributed by atoms with E-state index in [2.05, 4.69) is 15.4 Å². The smallest absolute Gasteiger partial charge is 0.112 e. The summed E-state index contributed by atoms with van der Waals surface area (Å²) in [6.45, 7) is 2.00. The van der Waals surface area contributed by atoms with Crippen LogP contribution in [0, 0.1) is 0 Å². The van der Waals surface area contributed by atoms with Crippen LogP contribution in [-0.2, 0) is 4.74 Å². The van der Waals surface area contributed by atoms with Crippen molar-refractivity contribution in [2.75, 3.05) is 13.2 Å². The summed E-state index contributed by atoms with van der Waals surface area (Å²) in [4.78, 5) is 0. The number of hydrogen-bond donors (Lipinski definition) is 1. The summed E-state index contributed by atoms with van der Waals surface area (Å²) in [5, 5.41) is 10.2. The van der Waals surface area contributed by atoms with Gasteiger partial charge in [0.15, 0.2) is 0 Å². The number of aromatic nitrogens is 3. The summed E-state index contributed by atoms with van der Waals surface area (Å²) in [5.74, 6) is 0. The Morgan fingerprint density at radius 3 is 2.47 bits per heavy atom. The van der Waals surface area contributed by atoms with Gasteiger partial charge in [-0.1, -0.05) is 17.3 Å². The molecule has 4 nitrogen and oxygen atoms in total. The van der Waals surface area contributed by atoms with Crippen molar-refractivity contribution in [3.63, 3.8) is 0 Å². The fourth-order valence-corrected chi connectivity index (χ4v) is 1.48. The first-order valence-corrected chi connectivity index (χ1v) is 5.30. The van der Waals surface area contributed by atoms with E-state index < -0.39 is 0 Å². The molecule has 0 amide bonds. The number of hydrogen-bond acceptors (Lipinski definition) is 3. The molecule has 3 rings (SSSR count). The van der Waals surface area contributed by atoms with Crippen molar-refractivity contribution in [3.8, 4) is 0 Å². The summed E-state index contributed by atoms with van der Waals surface area (Å²) in [7, 11) is 0. The molecule has 0 saturated carbocycles. The Morgan fingerprint density at radius 1 is 1.07 bits per heavy atom. The molecule has 1 N–H and O–H groups in total. The van der Waals surface area contributed by atoms with Crippen molar-refractivity contribution in [1.29, 1.82) is 0 Å². The fraction of sp³-hybridized carbons (Fsp3) is 0.455. The number of rotatable bonds is 0. The molecule has 2 aromatic rings. The first-order chi connectivity index (χ1) is 7.47. The average Bonchev–Trinajstić information content (AvgIpc) is 2.80. The predicted octanol–water partition coefficient (Wildman–Crippen LogP) is 2.14. The van der Waals surface area contributed by atoms with Gasteiger partial charge in [0, 0.05) is 13.2 Å². The van der Waals surface area contributed by atoms with Crippen molar-refractivity contribution < 1.29 is 4.74 Å². The van der Waals surface area contributed by atoms with E-state index in [9.17, 15) is 0 Å². The number of aromatic amines is 1. The van der Waals surface area contributed by atoms with Gasteiger partial charge in [0.2, 0.25) is 0 Å². The van der Waals surface area contributed by atoms with Crippen LogP contribution >= 0.6 is 0 Å². The highest BCUT2D eigenvalue weighted by Gasteiger charge is 1.95. The molecule has 2 heterocycles. The van der Waals surface area contributed by atoms with Gasteiger partial charge >= 0.3 is 0 Å². The van der Waals surface area contributed by atoms with E-state index >= 15 is 0 Å². The van der Waals surface area contributed by atoms with Gasteiger partial charge in [-0.25, -0.2) is 0 Å². The number of fused-ring (bicyclic) bond motifs is 1. The Labute approximate surface area is 88.6 Å². The third kappa shape index (κ3) is 3.02. The lowest BCUT2D eigenvalue weighted by molar-refractivity contribution is 0.0968. The molecule has 4 heteroatoms. The Bertz CT molecular complexity index is 354. The van der Waals surface area contributed by atoms with Gasteiger partial charge in [-0.3, -0.25) is 5.10 Å². The minimum Gasteiger partial charge on any atom is -0.381 e. The second-order valence-corrected chi connectivity index (χ2v) is 3.50. The fourth-order valence-electron chi connectivity index (χ4n) is 1.48. The van der Waals surface area contributed by atoms with Gasteiger partial charge in [-0.15, -0.1) is 5.10 Å². The number of H-pyrrole nitrogens is 1. The monoisotopic (exact) mass is 205 g/mol. The van der Waals surface area contributed by atoms with Crippen molar-refractivity contribution >= 4 is 11.0 Å². The Hall–Kier alpha value is -1.42.